The number of nitrogens with zero attached hydrogens (tertiary/aromatic N) is 3. The highest BCUT2D eigenvalue weighted by Gasteiger charge is 2.16. The Bertz CT molecular complexity index is 1820. The van der Waals surface area contributed by atoms with Crippen LogP contribution in [0.4, 0.5) is 27.7 Å². The molecule has 0 atom stereocenters. The molecule has 0 saturated heterocycles. The average molecular weight is 613 g/mol. The van der Waals surface area contributed by atoms with E-state index in [0.29, 0.717) is 39.1 Å². The van der Waals surface area contributed by atoms with Gasteiger partial charge in [-0.3, -0.25) is 10.1 Å². The SMILES string of the molecule is Cc1cc(Cl)cc(C)c1NC(=O)c1ccc(Sc2ccc(NC(=O)O)cc2)c(Nc2ncnc3nc(C(C)C)ccc23)c1. The second kappa shape index (κ2) is 12.7. The Kier molecular flexibility index (Phi) is 8.79. The summed E-state index contributed by atoms with van der Waals surface area (Å²) in [6.07, 6.45) is 0.336. The molecule has 0 aliphatic heterocycles. The van der Waals surface area contributed by atoms with Crippen molar-refractivity contribution in [3.05, 3.63) is 100 Å². The van der Waals surface area contributed by atoms with Crippen LogP contribution in [0.25, 0.3) is 11.0 Å². The molecule has 2 aromatic heterocycles. The fourth-order valence-electron chi connectivity index (χ4n) is 4.51. The van der Waals surface area contributed by atoms with E-state index in [4.69, 9.17) is 21.7 Å². The summed E-state index contributed by atoms with van der Waals surface area (Å²) in [7, 11) is 0. The third kappa shape index (κ3) is 7.04. The highest BCUT2D eigenvalue weighted by Crippen LogP contribution is 2.37. The number of carbonyl (C=O) groups excluding carboxylic acids is 1. The number of benzene rings is 3. The van der Waals surface area contributed by atoms with Crippen molar-refractivity contribution in [1.29, 1.82) is 0 Å². The van der Waals surface area contributed by atoms with Gasteiger partial charge in [0.1, 0.15) is 12.1 Å². The Labute approximate surface area is 258 Å². The second-order valence-electron chi connectivity index (χ2n) is 10.2. The van der Waals surface area contributed by atoms with E-state index in [1.807, 2.05) is 56.3 Å². The normalized spacial score (nSPS) is 11.0. The Morgan fingerprint density at radius 3 is 2.30 bits per heavy atom. The molecule has 0 radical (unpaired) electrons. The second-order valence-corrected chi connectivity index (χ2v) is 11.8. The molecule has 4 N–H and O–H groups in total. The average Bonchev–Trinajstić information content (AvgIpc) is 2.96. The number of aromatic nitrogens is 3. The maximum atomic E-state index is 13.4. The first-order chi connectivity index (χ1) is 20.6. The zero-order valence-corrected chi connectivity index (χ0v) is 25.5. The lowest BCUT2D eigenvalue weighted by atomic mass is 10.1. The number of nitrogens with one attached hydrogen (secondary N) is 3. The van der Waals surface area contributed by atoms with Crippen LogP contribution < -0.4 is 16.0 Å². The topological polar surface area (TPSA) is 129 Å². The van der Waals surface area contributed by atoms with Gasteiger partial charge in [0, 0.05) is 37.4 Å². The van der Waals surface area contributed by atoms with Crippen LogP contribution in [0.2, 0.25) is 5.02 Å². The van der Waals surface area contributed by atoms with Gasteiger partial charge in [0.25, 0.3) is 5.91 Å². The summed E-state index contributed by atoms with van der Waals surface area (Å²) >= 11 is 7.65. The van der Waals surface area contributed by atoms with Gasteiger partial charge in [-0.1, -0.05) is 37.2 Å². The fourth-order valence-corrected chi connectivity index (χ4v) is 5.72. The van der Waals surface area contributed by atoms with E-state index in [1.165, 1.54) is 18.1 Å². The van der Waals surface area contributed by atoms with Crippen LogP contribution in [0, 0.1) is 13.8 Å². The number of carbonyl (C=O) groups is 2. The third-order valence-electron chi connectivity index (χ3n) is 6.67. The van der Waals surface area contributed by atoms with Gasteiger partial charge in [0.2, 0.25) is 0 Å². The maximum absolute atomic E-state index is 13.4. The molecule has 0 fully saturated rings. The lowest BCUT2D eigenvalue weighted by Crippen LogP contribution is -2.14. The van der Waals surface area contributed by atoms with Crippen molar-refractivity contribution >= 4 is 69.3 Å². The van der Waals surface area contributed by atoms with Gasteiger partial charge in [-0.2, -0.15) is 0 Å². The predicted octanol–water partition coefficient (Wildman–Crippen LogP) is 8.66. The number of rotatable bonds is 8. The van der Waals surface area contributed by atoms with Gasteiger partial charge < -0.3 is 15.7 Å². The van der Waals surface area contributed by atoms with Crippen LogP contribution in [0.1, 0.15) is 46.9 Å². The van der Waals surface area contributed by atoms with Gasteiger partial charge in [-0.25, -0.2) is 19.7 Å². The number of anilines is 4. The van der Waals surface area contributed by atoms with Crippen LogP contribution in [-0.4, -0.2) is 32.1 Å². The van der Waals surface area contributed by atoms with Gasteiger partial charge in [-0.05, 0) is 97.6 Å². The van der Waals surface area contributed by atoms with E-state index in [1.54, 1.807) is 24.3 Å². The maximum Gasteiger partial charge on any atom is 0.409 e. The molecule has 218 valence electrons. The first kappa shape index (κ1) is 29.8. The number of amides is 2. The smallest absolute Gasteiger partial charge is 0.409 e. The Morgan fingerprint density at radius 2 is 1.63 bits per heavy atom. The molecule has 2 amide bonds. The first-order valence-corrected chi connectivity index (χ1v) is 14.7. The van der Waals surface area contributed by atoms with Crippen molar-refractivity contribution < 1.29 is 14.7 Å². The van der Waals surface area contributed by atoms with E-state index in [0.717, 1.165) is 32.0 Å². The summed E-state index contributed by atoms with van der Waals surface area (Å²) in [6, 6.07) is 20.0. The first-order valence-electron chi connectivity index (χ1n) is 13.5. The van der Waals surface area contributed by atoms with Gasteiger partial charge in [0.05, 0.1) is 11.1 Å². The summed E-state index contributed by atoms with van der Waals surface area (Å²) in [5, 5.41) is 19.1. The molecule has 2 heterocycles. The monoisotopic (exact) mass is 612 g/mol. The Hall–Kier alpha value is -4.67. The zero-order chi connectivity index (χ0) is 30.7. The van der Waals surface area contributed by atoms with E-state index < -0.39 is 6.09 Å². The van der Waals surface area contributed by atoms with Crippen LogP contribution in [-0.2, 0) is 0 Å². The van der Waals surface area contributed by atoms with Crippen molar-refractivity contribution in [3.63, 3.8) is 0 Å². The summed E-state index contributed by atoms with van der Waals surface area (Å²) in [5.74, 6) is 0.532. The number of fused-ring (bicyclic) bond motifs is 1. The number of halogens is 1. The van der Waals surface area contributed by atoms with Crippen molar-refractivity contribution in [2.45, 2.75) is 43.4 Å². The summed E-state index contributed by atoms with van der Waals surface area (Å²) < 4.78 is 0. The summed E-state index contributed by atoms with van der Waals surface area (Å²) in [4.78, 5) is 39.7. The zero-order valence-electron chi connectivity index (χ0n) is 23.9. The largest absolute Gasteiger partial charge is 0.465 e. The fraction of sp³-hybridized carbons (Fsp3) is 0.156. The van der Waals surface area contributed by atoms with Crippen LogP contribution >= 0.6 is 23.4 Å². The van der Waals surface area contributed by atoms with Gasteiger partial charge >= 0.3 is 6.09 Å². The molecular weight excluding hydrogens is 584 g/mol. The molecule has 5 rings (SSSR count). The van der Waals surface area contributed by atoms with Crippen LogP contribution in [0.5, 0.6) is 0 Å². The van der Waals surface area contributed by atoms with E-state index in [-0.39, 0.29) is 11.8 Å². The minimum absolute atomic E-state index is 0.249. The van der Waals surface area contributed by atoms with Crippen molar-refractivity contribution in [2.75, 3.05) is 16.0 Å². The highest BCUT2D eigenvalue weighted by molar-refractivity contribution is 7.99. The highest BCUT2D eigenvalue weighted by atomic mass is 35.5. The molecule has 43 heavy (non-hydrogen) atoms. The standard InChI is InChI=1S/C32H29ClN6O3S/c1-17(2)25-11-10-24-29(37-25)34-16-35-30(24)38-26-15-20(31(40)39-28-18(3)13-21(33)14-19(28)4)5-12-27(26)43-23-8-6-22(7-9-23)36-32(41)42/h5-17,36H,1-4H3,(H,39,40)(H,41,42)(H,34,35,37,38). The third-order valence-corrected chi connectivity index (χ3v) is 7.98. The summed E-state index contributed by atoms with van der Waals surface area (Å²) in [5.41, 5.74) is 5.52. The molecule has 0 bridgehead atoms. The molecule has 5 aromatic rings. The molecule has 0 unspecified atom stereocenters. The quantitative estimate of drug-likeness (QED) is 0.137. The van der Waals surface area contributed by atoms with E-state index in [9.17, 15) is 9.59 Å². The molecule has 0 spiro atoms. The molecule has 0 aliphatic rings. The Balaban J connectivity index is 1.51. The Morgan fingerprint density at radius 1 is 0.907 bits per heavy atom. The lowest BCUT2D eigenvalue weighted by Gasteiger charge is -2.16. The molecule has 0 saturated carbocycles. The number of pyridine rings is 1. The lowest BCUT2D eigenvalue weighted by molar-refractivity contribution is 0.102. The molecule has 11 heteroatoms. The minimum Gasteiger partial charge on any atom is -0.465 e. The van der Waals surface area contributed by atoms with Crippen LogP contribution in [0.3, 0.4) is 0 Å². The molecule has 9 nitrogen and oxygen atoms in total. The number of hydrogen-bond acceptors (Lipinski definition) is 7. The predicted molar refractivity (Wildman–Crippen MR) is 172 cm³/mol. The van der Waals surface area contributed by atoms with Crippen molar-refractivity contribution in [1.82, 2.24) is 15.0 Å². The number of hydrogen-bond donors (Lipinski definition) is 4. The van der Waals surface area contributed by atoms with Crippen molar-refractivity contribution in [3.8, 4) is 0 Å². The summed E-state index contributed by atoms with van der Waals surface area (Å²) in [6.45, 7) is 7.95. The molecule has 3 aromatic carbocycles. The van der Waals surface area contributed by atoms with E-state index in [2.05, 4.69) is 39.8 Å². The van der Waals surface area contributed by atoms with Gasteiger partial charge in [-0.15, -0.1) is 0 Å². The van der Waals surface area contributed by atoms with Gasteiger partial charge in [0.15, 0.2) is 5.65 Å². The number of aryl methyl sites for hydroxylation is 2. The molecule has 0 aliphatic carbocycles. The molecular formula is C32H29ClN6O3S. The van der Waals surface area contributed by atoms with Crippen LogP contribution in [0.15, 0.2) is 82.8 Å². The van der Waals surface area contributed by atoms with E-state index >= 15 is 0 Å². The number of carboxylic acid groups (broad SMARTS) is 1. The van der Waals surface area contributed by atoms with Crippen molar-refractivity contribution in [2.24, 2.45) is 0 Å². The minimum atomic E-state index is -1.13.